The monoisotopic (exact) mass is 319 g/mol. The third-order valence-electron chi connectivity index (χ3n) is 2.83. The van der Waals surface area contributed by atoms with Crippen molar-refractivity contribution in [3.63, 3.8) is 0 Å². The average Bonchev–Trinajstić information content (AvgIpc) is 2.92. The lowest BCUT2D eigenvalue weighted by Gasteiger charge is -2.07. The molecule has 6 nitrogen and oxygen atoms in total. The Morgan fingerprint density at radius 1 is 1.27 bits per heavy atom. The fraction of sp³-hybridized carbons (Fsp3) is 0.267. The van der Waals surface area contributed by atoms with Crippen LogP contribution in [0.15, 0.2) is 29.6 Å². The number of methoxy groups -OCH3 is 1. The zero-order valence-electron chi connectivity index (χ0n) is 12.6. The molecule has 1 N–H and O–H groups in total. The van der Waals surface area contributed by atoms with Gasteiger partial charge in [-0.2, -0.15) is 0 Å². The first-order chi connectivity index (χ1) is 10.5. The van der Waals surface area contributed by atoms with E-state index in [1.807, 2.05) is 24.4 Å². The number of benzene rings is 1. The molecular weight excluding hydrogens is 302 g/mol. The van der Waals surface area contributed by atoms with Crippen LogP contribution in [0.25, 0.3) is 0 Å². The average molecular weight is 319 g/mol. The minimum Gasteiger partial charge on any atom is -0.465 e. The summed E-state index contributed by atoms with van der Waals surface area (Å²) in [5.74, 6) is -0.926. The highest BCUT2D eigenvalue weighted by atomic mass is 32.1. The van der Waals surface area contributed by atoms with Crippen molar-refractivity contribution in [3.05, 3.63) is 46.5 Å². The summed E-state index contributed by atoms with van der Waals surface area (Å²) >= 11 is 1.35. The number of nitrogens with one attached hydrogen (secondary N) is 1. The van der Waals surface area contributed by atoms with Crippen LogP contribution in [0.4, 0.5) is 5.13 Å². The van der Waals surface area contributed by atoms with Crippen molar-refractivity contribution in [1.29, 1.82) is 0 Å². The first kappa shape index (κ1) is 16.1. The van der Waals surface area contributed by atoms with Crippen molar-refractivity contribution >= 4 is 28.3 Å². The number of esters is 1. The SMILES string of the molecule is COC(=O)c1ccccc1C(=O)Nc1nc(CN(C)C)cs1. The highest BCUT2D eigenvalue weighted by molar-refractivity contribution is 7.14. The third kappa shape index (κ3) is 3.90. The quantitative estimate of drug-likeness (QED) is 0.856. The number of anilines is 1. The molecule has 0 bridgehead atoms. The Bertz CT molecular complexity index is 682. The van der Waals surface area contributed by atoms with Gasteiger partial charge in [0.2, 0.25) is 0 Å². The summed E-state index contributed by atoms with van der Waals surface area (Å²) in [7, 11) is 5.18. The summed E-state index contributed by atoms with van der Waals surface area (Å²) in [6.07, 6.45) is 0. The Morgan fingerprint density at radius 2 is 1.95 bits per heavy atom. The van der Waals surface area contributed by atoms with Gasteiger partial charge in [-0.1, -0.05) is 12.1 Å². The lowest BCUT2D eigenvalue weighted by molar-refractivity contribution is 0.0597. The molecule has 0 aliphatic carbocycles. The van der Waals surface area contributed by atoms with Gasteiger partial charge in [0.25, 0.3) is 5.91 Å². The molecule has 0 saturated carbocycles. The Labute approximate surface area is 132 Å². The normalized spacial score (nSPS) is 10.5. The van der Waals surface area contributed by atoms with Crippen LogP contribution in [-0.2, 0) is 11.3 Å². The third-order valence-corrected chi connectivity index (χ3v) is 3.63. The lowest BCUT2D eigenvalue weighted by Crippen LogP contribution is -2.17. The van der Waals surface area contributed by atoms with E-state index >= 15 is 0 Å². The molecule has 1 heterocycles. The van der Waals surface area contributed by atoms with Crippen LogP contribution in [0.2, 0.25) is 0 Å². The highest BCUT2D eigenvalue weighted by Crippen LogP contribution is 2.18. The summed E-state index contributed by atoms with van der Waals surface area (Å²) in [5, 5.41) is 5.11. The summed E-state index contributed by atoms with van der Waals surface area (Å²) in [6.45, 7) is 0.700. The van der Waals surface area contributed by atoms with Gasteiger partial charge in [-0.15, -0.1) is 11.3 Å². The molecule has 7 heteroatoms. The molecule has 0 aliphatic rings. The van der Waals surface area contributed by atoms with Crippen molar-refractivity contribution in [3.8, 4) is 0 Å². The molecule has 0 unspecified atom stereocenters. The van der Waals surface area contributed by atoms with Crippen molar-refractivity contribution in [2.24, 2.45) is 0 Å². The van der Waals surface area contributed by atoms with E-state index in [0.29, 0.717) is 11.7 Å². The zero-order valence-corrected chi connectivity index (χ0v) is 13.4. The standard InChI is InChI=1S/C15H17N3O3S/c1-18(2)8-10-9-22-15(16-10)17-13(19)11-6-4-5-7-12(11)14(20)21-3/h4-7,9H,8H2,1-3H3,(H,16,17,19). The van der Waals surface area contributed by atoms with E-state index < -0.39 is 5.97 Å². The van der Waals surface area contributed by atoms with E-state index in [2.05, 4.69) is 15.0 Å². The van der Waals surface area contributed by atoms with Gasteiger partial charge in [0.05, 0.1) is 23.9 Å². The largest absolute Gasteiger partial charge is 0.465 e. The number of carbonyl (C=O) groups excluding carboxylic acids is 2. The van der Waals surface area contributed by atoms with Crippen LogP contribution in [-0.4, -0.2) is 43.0 Å². The molecule has 0 atom stereocenters. The molecule has 116 valence electrons. The van der Waals surface area contributed by atoms with E-state index in [1.54, 1.807) is 24.3 Å². The molecule has 0 saturated heterocycles. The van der Waals surface area contributed by atoms with E-state index in [0.717, 1.165) is 5.69 Å². The van der Waals surface area contributed by atoms with Gasteiger partial charge in [0.1, 0.15) is 0 Å². The van der Waals surface area contributed by atoms with E-state index in [-0.39, 0.29) is 17.0 Å². The first-order valence-corrected chi connectivity index (χ1v) is 7.47. The van der Waals surface area contributed by atoms with Gasteiger partial charge in [-0.05, 0) is 26.2 Å². The summed E-state index contributed by atoms with van der Waals surface area (Å²) < 4.78 is 4.69. The lowest BCUT2D eigenvalue weighted by atomic mass is 10.1. The van der Waals surface area contributed by atoms with Crippen molar-refractivity contribution < 1.29 is 14.3 Å². The van der Waals surface area contributed by atoms with Gasteiger partial charge in [0.15, 0.2) is 5.13 Å². The number of nitrogens with zero attached hydrogens (tertiary/aromatic N) is 2. The molecular formula is C15H17N3O3S. The fourth-order valence-corrected chi connectivity index (χ4v) is 2.59. The molecule has 0 fully saturated rings. The van der Waals surface area contributed by atoms with Gasteiger partial charge in [-0.25, -0.2) is 9.78 Å². The predicted octanol–water partition coefficient (Wildman–Crippen LogP) is 2.24. The van der Waals surface area contributed by atoms with Crippen molar-refractivity contribution in [2.45, 2.75) is 6.54 Å². The van der Waals surface area contributed by atoms with Crippen LogP contribution in [0.3, 0.4) is 0 Å². The topological polar surface area (TPSA) is 71.5 Å². The second kappa shape index (κ2) is 7.15. The Morgan fingerprint density at radius 3 is 2.59 bits per heavy atom. The first-order valence-electron chi connectivity index (χ1n) is 6.59. The predicted molar refractivity (Wildman–Crippen MR) is 85.2 cm³/mol. The molecule has 0 spiro atoms. The van der Waals surface area contributed by atoms with Gasteiger partial charge in [-0.3, -0.25) is 10.1 Å². The summed E-state index contributed by atoms with van der Waals surface area (Å²) in [6, 6.07) is 6.51. The van der Waals surface area contributed by atoms with Crippen LogP contribution in [0.1, 0.15) is 26.4 Å². The van der Waals surface area contributed by atoms with E-state index in [1.165, 1.54) is 18.4 Å². The molecule has 1 amide bonds. The minimum atomic E-state index is -0.543. The van der Waals surface area contributed by atoms with Gasteiger partial charge >= 0.3 is 5.97 Å². The Balaban J connectivity index is 2.16. The summed E-state index contributed by atoms with van der Waals surface area (Å²) in [4.78, 5) is 30.4. The van der Waals surface area contributed by atoms with Crippen molar-refractivity contribution in [2.75, 3.05) is 26.5 Å². The van der Waals surface area contributed by atoms with E-state index in [9.17, 15) is 9.59 Å². The number of amides is 1. The number of hydrogen-bond donors (Lipinski definition) is 1. The van der Waals surface area contributed by atoms with E-state index in [4.69, 9.17) is 0 Å². The number of thiazole rings is 1. The molecule has 0 aliphatic heterocycles. The van der Waals surface area contributed by atoms with Crippen LogP contribution >= 0.6 is 11.3 Å². The zero-order chi connectivity index (χ0) is 16.1. The van der Waals surface area contributed by atoms with Crippen LogP contribution in [0, 0.1) is 0 Å². The molecule has 22 heavy (non-hydrogen) atoms. The maximum Gasteiger partial charge on any atom is 0.338 e. The highest BCUT2D eigenvalue weighted by Gasteiger charge is 2.18. The maximum absolute atomic E-state index is 12.3. The minimum absolute atomic E-state index is 0.229. The van der Waals surface area contributed by atoms with Crippen LogP contribution < -0.4 is 5.32 Å². The fourth-order valence-electron chi connectivity index (χ4n) is 1.89. The number of aromatic nitrogens is 1. The smallest absolute Gasteiger partial charge is 0.338 e. The number of ether oxygens (including phenoxy) is 1. The summed E-state index contributed by atoms with van der Waals surface area (Å²) in [5.41, 5.74) is 1.37. The molecule has 2 rings (SSSR count). The Hall–Kier alpha value is -2.25. The second-order valence-corrected chi connectivity index (χ2v) is 5.73. The molecule has 0 radical (unpaired) electrons. The molecule has 2 aromatic rings. The van der Waals surface area contributed by atoms with Crippen molar-refractivity contribution in [1.82, 2.24) is 9.88 Å². The number of hydrogen-bond acceptors (Lipinski definition) is 6. The van der Waals surface area contributed by atoms with Crippen LogP contribution in [0.5, 0.6) is 0 Å². The van der Waals surface area contributed by atoms with Gasteiger partial charge < -0.3 is 9.64 Å². The molecule has 1 aromatic heterocycles. The number of carbonyl (C=O) groups is 2. The number of rotatable bonds is 5. The second-order valence-electron chi connectivity index (χ2n) is 4.87. The van der Waals surface area contributed by atoms with Gasteiger partial charge in [0, 0.05) is 11.9 Å². The molecule has 1 aromatic carbocycles. The Kier molecular flexibility index (Phi) is 5.24. The maximum atomic E-state index is 12.3.